The predicted octanol–water partition coefficient (Wildman–Crippen LogP) is 3.69. The van der Waals surface area contributed by atoms with Crippen molar-refractivity contribution in [1.29, 1.82) is 0 Å². The summed E-state index contributed by atoms with van der Waals surface area (Å²) in [6.45, 7) is 2.01. The summed E-state index contributed by atoms with van der Waals surface area (Å²) in [5.74, 6) is -1.23. The SMILES string of the molecule is O=C(OCc1ccccc1)N1CCC(c2ccc(F)cc2)C2(C1)OCCO2. The summed E-state index contributed by atoms with van der Waals surface area (Å²) in [7, 11) is 0. The van der Waals surface area contributed by atoms with Crippen LogP contribution in [-0.2, 0) is 20.8 Å². The highest BCUT2D eigenvalue weighted by molar-refractivity contribution is 5.68. The van der Waals surface area contributed by atoms with E-state index in [1.54, 1.807) is 17.0 Å². The van der Waals surface area contributed by atoms with E-state index in [4.69, 9.17) is 14.2 Å². The lowest BCUT2D eigenvalue weighted by molar-refractivity contribution is -0.199. The van der Waals surface area contributed by atoms with E-state index in [9.17, 15) is 9.18 Å². The Balaban J connectivity index is 1.45. The Hall–Kier alpha value is -2.44. The average molecular weight is 371 g/mol. The molecule has 1 spiro atoms. The summed E-state index contributed by atoms with van der Waals surface area (Å²) < 4.78 is 30.6. The molecule has 2 aromatic carbocycles. The second kappa shape index (κ2) is 7.66. The minimum atomic E-state index is -0.901. The highest BCUT2D eigenvalue weighted by Crippen LogP contribution is 2.42. The number of rotatable bonds is 3. The molecular weight excluding hydrogens is 349 g/mol. The fraction of sp³-hybridized carbons (Fsp3) is 0.381. The molecule has 2 aliphatic heterocycles. The van der Waals surface area contributed by atoms with Gasteiger partial charge in [-0.1, -0.05) is 42.5 Å². The maximum atomic E-state index is 13.3. The molecule has 27 heavy (non-hydrogen) atoms. The van der Waals surface area contributed by atoms with Crippen LogP contribution in [0.1, 0.15) is 23.5 Å². The first kappa shape index (κ1) is 17.9. The molecular formula is C21H22FNO4. The van der Waals surface area contributed by atoms with Crippen LogP contribution in [0.15, 0.2) is 54.6 Å². The third-order valence-electron chi connectivity index (χ3n) is 5.14. The monoisotopic (exact) mass is 371 g/mol. The van der Waals surface area contributed by atoms with Gasteiger partial charge in [0.1, 0.15) is 12.4 Å². The van der Waals surface area contributed by atoms with Gasteiger partial charge in [-0.25, -0.2) is 9.18 Å². The Labute approximate surface area is 157 Å². The number of nitrogens with zero attached hydrogens (tertiary/aromatic N) is 1. The molecule has 2 saturated heterocycles. The van der Waals surface area contributed by atoms with Crippen molar-refractivity contribution in [3.8, 4) is 0 Å². The maximum absolute atomic E-state index is 13.3. The van der Waals surface area contributed by atoms with Crippen molar-refractivity contribution in [3.05, 3.63) is 71.5 Å². The quantitative estimate of drug-likeness (QED) is 0.826. The van der Waals surface area contributed by atoms with Gasteiger partial charge in [0, 0.05) is 12.5 Å². The van der Waals surface area contributed by atoms with Gasteiger partial charge in [0.2, 0.25) is 0 Å². The van der Waals surface area contributed by atoms with E-state index < -0.39 is 5.79 Å². The van der Waals surface area contributed by atoms with Crippen LogP contribution < -0.4 is 0 Å². The Kier molecular flexibility index (Phi) is 5.09. The Bertz CT molecular complexity index is 775. The molecule has 0 aromatic heterocycles. The van der Waals surface area contributed by atoms with Crippen molar-refractivity contribution in [3.63, 3.8) is 0 Å². The van der Waals surface area contributed by atoms with E-state index in [-0.39, 0.29) is 24.4 Å². The largest absolute Gasteiger partial charge is 0.445 e. The van der Waals surface area contributed by atoms with Crippen LogP contribution in [0.25, 0.3) is 0 Å². The normalized spacial score (nSPS) is 21.4. The van der Waals surface area contributed by atoms with Crippen molar-refractivity contribution in [2.75, 3.05) is 26.3 Å². The van der Waals surface area contributed by atoms with Crippen LogP contribution in [0, 0.1) is 5.82 Å². The number of carbonyl (C=O) groups is 1. The molecule has 1 amide bonds. The Morgan fingerprint density at radius 1 is 1.11 bits per heavy atom. The number of hydrogen-bond donors (Lipinski definition) is 0. The van der Waals surface area contributed by atoms with Gasteiger partial charge >= 0.3 is 6.09 Å². The Morgan fingerprint density at radius 2 is 1.81 bits per heavy atom. The summed E-state index contributed by atoms with van der Waals surface area (Å²) in [5.41, 5.74) is 1.89. The first-order valence-electron chi connectivity index (χ1n) is 9.15. The molecule has 0 bridgehead atoms. The molecule has 1 atom stereocenters. The van der Waals surface area contributed by atoms with Gasteiger partial charge in [0.15, 0.2) is 5.79 Å². The number of piperidine rings is 1. The zero-order chi connectivity index (χ0) is 18.7. The van der Waals surface area contributed by atoms with Crippen molar-refractivity contribution in [2.24, 2.45) is 0 Å². The van der Waals surface area contributed by atoms with Crippen LogP contribution in [0.4, 0.5) is 9.18 Å². The minimum absolute atomic E-state index is 0.0567. The third kappa shape index (κ3) is 3.82. The molecule has 142 valence electrons. The molecule has 2 fully saturated rings. The Morgan fingerprint density at radius 3 is 2.52 bits per heavy atom. The molecule has 4 rings (SSSR count). The average Bonchev–Trinajstić information content (AvgIpc) is 3.16. The lowest BCUT2D eigenvalue weighted by Crippen LogP contribution is -2.55. The molecule has 1 unspecified atom stereocenters. The first-order valence-corrected chi connectivity index (χ1v) is 9.15. The number of amides is 1. The topological polar surface area (TPSA) is 48.0 Å². The van der Waals surface area contributed by atoms with Crippen molar-refractivity contribution in [2.45, 2.75) is 24.7 Å². The lowest BCUT2D eigenvalue weighted by Gasteiger charge is -2.44. The summed E-state index contributed by atoms with van der Waals surface area (Å²) in [6.07, 6.45) is 0.279. The number of hydrogen-bond acceptors (Lipinski definition) is 4. The summed E-state index contributed by atoms with van der Waals surface area (Å²) in [4.78, 5) is 14.2. The first-order chi connectivity index (χ1) is 13.2. The van der Waals surface area contributed by atoms with E-state index in [1.807, 2.05) is 30.3 Å². The van der Waals surface area contributed by atoms with Crippen LogP contribution in [-0.4, -0.2) is 43.1 Å². The molecule has 6 heteroatoms. The molecule has 0 N–H and O–H groups in total. The van der Waals surface area contributed by atoms with Crippen molar-refractivity contribution < 1.29 is 23.4 Å². The van der Waals surface area contributed by atoms with Gasteiger partial charge < -0.3 is 19.1 Å². The highest BCUT2D eigenvalue weighted by atomic mass is 19.1. The lowest BCUT2D eigenvalue weighted by atomic mass is 9.84. The fourth-order valence-electron chi connectivity index (χ4n) is 3.81. The van der Waals surface area contributed by atoms with Crippen LogP contribution >= 0.6 is 0 Å². The summed E-state index contributed by atoms with van der Waals surface area (Å²) >= 11 is 0. The highest BCUT2D eigenvalue weighted by Gasteiger charge is 2.50. The zero-order valence-electron chi connectivity index (χ0n) is 15.0. The number of ether oxygens (including phenoxy) is 3. The molecule has 2 aromatic rings. The smallest absolute Gasteiger partial charge is 0.410 e. The van der Waals surface area contributed by atoms with Crippen molar-refractivity contribution in [1.82, 2.24) is 4.90 Å². The van der Waals surface area contributed by atoms with Gasteiger partial charge in [-0.15, -0.1) is 0 Å². The molecule has 0 radical (unpaired) electrons. The number of carbonyl (C=O) groups excluding carboxylic acids is 1. The van der Waals surface area contributed by atoms with Crippen molar-refractivity contribution >= 4 is 6.09 Å². The van der Waals surface area contributed by atoms with E-state index in [1.165, 1.54) is 12.1 Å². The van der Waals surface area contributed by atoms with E-state index in [0.717, 1.165) is 11.1 Å². The van der Waals surface area contributed by atoms with Crippen LogP contribution in [0.3, 0.4) is 0 Å². The van der Waals surface area contributed by atoms with Crippen LogP contribution in [0.5, 0.6) is 0 Å². The minimum Gasteiger partial charge on any atom is -0.445 e. The molecule has 2 heterocycles. The molecule has 0 aliphatic carbocycles. The maximum Gasteiger partial charge on any atom is 0.410 e. The molecule has 0 saturated carbocycles. The predicted molar refractivity (Wildman–Crippen MR) is 96.6 cm³/mol. The van der Waals surface area contributed by atoms with Crippen LogP contribution in [0.2, 0.25) is 0 Å². The molecule has 2 aliphatic rings. The van der Waals surface area contributed by atoms with E-state index in [0.29, 0.717) is 32.7 Å². The fourth-order valence-corrected chi connectivity index (χ4v) is 3.81. The van der Waals surface area contributed by atoms with Gasteiger partial charge in [0.25, 0.3) is 0 Å². The molecule has 5 nitrogen and oxygen atoms in total. The summed E-state index contributed by atoms with van der Waals surface area (Å²) in [6, 6.07) is 16.0. The van der Waals surface area contributed by atoms with E-state index in [2.05, 4.69) is 0 Å². The second-order valence-electron chi connectivity index (χ2n) is 6.86. The zero-order valence-corrected chi connectivity index (χ0v) is 15.0. The van der Waals surface area contributed by atoms with Gasteiger partial charge in [-0.05, 0) is 29.7 Å². The van der Waals surface area contributed by atoms with Gasteiger partial charge in [-0.3, -0.25) is 0 Å². The number of benzene rings is 2. The summed E-state index contributed by atoms with van der Waals surface area (Å²) in [5, 5.41) is 0. The van der Waals surface area contributed by atoms with Gasteiger partial charge in [-0.2, -0.15) is 0 Å². The van der Waals surface area contributed by atoms with Gasteiger partial charge in [0.05, 0.1) is 19.8 Å². The number of likely N-dealkylation sites (tertiary alicyclic amines) is 1. The third-order valence-corrected chi connectivity index (χ3v) is 5.14. The number of halogens is 1. The van der Waals surface area contributed by atoms with E-state index >= 15 is 0 Å². The standard InChI is InChI=1S/C21H22FNO4/c22-18-8-6-17(7-9-18)19-10-11-23(15-21(19)26-12-13-27-21)20(24)25-14-16-4-2-1-3-5-16/h1-9,19H,10-15H2. The second-order valence-corrected chi connectivity index (χ2v) is 6.86.